The summed E-state index contributed by atoms with van der Waals surface area (Å²) in [6, 6.07) is 13.9. The third-order valence-corrected chi connectivity index (χ3v) is 6.40. The molecule has 1 heterocycles. The van der Waals surface area contributed by atoms with Crippen LogP contribution in [0, 0.1) is 6.92 Å². The molecule has 2 aromatic carbocycles. The van der Waals surface area contributed by atoms with Crippen LogP contribution in [-0.2, 0) is 15.6 Å². The Morgan fingerprint density at radius 1 is 1.12 bits per heavy atom. The smallest absolute Gasteiger partial charge is 0.254 e. The van der Waals surface area contributed by atoms with Crippen LogP contribution in [0.1, 0.15) is 28.4 Å². The first-order valence-electron chi connectivity index (χ1n) is 8.77. The average Bonchev–Trinajstić information content (AvgIpc) is 2.62. The first-order valence-corrected chi connectivity index (χ1v) is 10.4. The quantitative estimate of drug-likeness (QED) is 0.895. The summed E-state index contributed by atoms with van der Waals surface area (Å²) in [4.78, 5) is 14.8. The van der Waals surface area contributed by atoms with Gasteiger partial charge in [-0.3, -0.25) is 4.79 Å². The van der Waals surface area contributed by atoms with Gasteiger partial charge in [-0.05, 0) is 43.7 Å². The Balaban J connectivity index is 1.73. The van der Waals surface area contributed by atoms with Crippen molar-refractivity contribution in [3.63, 3.8) is 0 Å². The molecular weight excluding hydrogens is 348 g/mol. The summed E-state index contributed by atoms with van der Waals surface area (Å²) in [6.45, 7) is 6.21. The molecule has 1 N–H and O–H groups in total. The molecule has 1 aliphatic heterocycles. The highest BCUT2D eigenvalue weighted by molar-refractivity contribution is 7.90. The highest BCUT2D eigenvalue weighted by atomic mass is 32.2. The highest BCUT2D eigenvalue weighted by Crippen LogP contribution is 2.18. The van der Waals surface area contributed by atoms with E-state index in [9.17, 15) is 13.2 Å². The molecule has 0 unspecified atom stereocenters. The van der Waals surface area contributed by atoms with Crippen LogP contribution in [0.25, 0.3) is 0 Å². The van der Waals surface area contributed by atoms with Crippen molar-refractivity contribution in [2.45, 2.75) is 30.5 Å². The molecular formula is C20H24N2O3S. The molecule has 26 heavy (non-hydrogen) atoms. The average molecular weight is 372 g/mol. The zero-order valence-corrected chi connectivity index (χ0v) is 15.9. The molecule has 0 aromatic heterocycles. The molecule has 1 saturated heterocycles. The Hall–Kier alpha value is -2.18. The van der Waals surface area contributed by atoms with E-state index >= 15 is 0 Å². The summed E-state index contributed by atoms with van der Waals surface area (Å²) < 4.78 is 25.1. The first kappa shape index (κ1) is 18.6. The van der Waals surface area contributed by atoms with Crippen LogP contribution in [0.15, 0.2) is 53.4 Å². The van der Waals surface area contributed by atoms with Crippen LogP contribution in [0.2, 0.25) is 0 Å². The van der Waals surface area contributed by atoms with Crippen molar-refractivity contribution in [1.29, 1.82) is 0 Å². The summed E-state index contributed by atoms with van der Waals surface area (Å²) in [5.41, 5.74) is 2.29. The van der Waals surface area contributed by atoms with E-state index < -0.39 is 9.84 Å². The number of nitrogens with one attached hydrogen (secondary N) is 1. The third kappa shape index (κ3) is 4.14. The van der Waals surface area contributed by atoms with Gasteiger partial charge in [-0.15, -0.1) is 0 Å². The van der Waals surface area contributed by atoms with Crippen molar-refractivity contribution in [3.05, 3.63) is 65.2 Å². The van der Waals surface area contributed by atoms with E-state index in [2.05, 4.69) is 5.32 Å². The molecule has 5 nitrogen and oxygen atoms in total. The Morgan fingerprint density at radius 2 is 1.77 bits per heavy atom. The molecule has 1 fully saturated rings. The Morgan fingerprint density at radius 3 is 2.38 bits per heavy atom. The number of piperazine rings is 1. The van der Waals surface area contributed by atoms with Gasteiger partial charge in [0.05, 0.1) is 10.6 Å². The fourth-order valence-corrected chi connectivity index (χ4v) is 4.45. The predicted octanol–water partition coefficient (Wildman–Crippen LogP) is 2.40. The lowest BCUT2D eigenvalue weighted by atomic mass is 10.1. The lowest BCUT2D eigenvalue weighted by Gasteiger charge is -2.34. The normalized spacial score (nSPS) is 17.9. The van der Waals surface area contributed by atoms with Gasteiger partial charge in [0.1, 0.15) is 0 Å². The lowest BCUT2D eigenvalue weighted by molar-refractivity contribution is 0.0656. The maximum atomic E-state index is 12.6. The van der Waals surface area contributed by atoms with E-state index in [-0.39, 0.29) is 17.7 Å². The summed E-state index contributed by atoms with van der Waals surface area (Å²) in [6.07, 6.45) is 0. The molecule has 2 aromatic rings. The minimum absolute atomic E-state index is 0.00746. The molecule has 1 amide bonds. The molecule has 0 bridgehead atoms. The maximum absolute atomic E-state index is 12.6. The van der Waals surface area contributed by atoms with Gasteiger partial charge in [0.25, 0.3) is 5.91 Å². The second-order valence-electron chi connectivity index (χ2n) is 6.82. The molecule has 6 heteroatoms. The van der Waals surface area contributed by atoms with Crippen molar-refractivity contribution < 1.29 is 13.2 Å². The number of carbonyl (C=O) groups excluding carboxylic acids is 1. The molecule has 0 spiro atoms. The van der Waals surface area contributed by atoms with Gasteiger partial charge in [-0.25, -0.2) is 8.42 Å². The second kappa shape index (κ2) is 7.60. The summed E-state index contributed by atoms with van der Waals surface area (Å²) >= 11 is 0. The van der Waals surface area contributed by atoms with Crippen molar-refractivity contribution in [3.8, 4) is 0 Å². The largest absolute Gasteiger partial charge is 0.333 e. The van der Waals surface area contributed by atoms with E-state index in [1.54, 1.807) is 48.5 Å². The van der Waals surface area contributed by atoms with Gasteiger partial charge in [0, 0.05) is 31.2 Å². The van der Waals surface area contributed by atoms with Gasteiger partial charge in [-0.1, -0.05) is 29.8 Å². The topological polar surface area (TPSA) is 66.5 Å². The molecule has 0 aliphatic carbocycles. The Labute approximate surface area is 154 Å². The summed E-state index contributed by atoms with van der Waals surface area (Å²) in [7, 11) is -3.40. The summed E-state index contributed by atoms with van der Waals surface area (Å²) in [5, 5.41) is 3.26. The zero-order chi connectivity index (χ0) is 18.7. The van der Waals surface area contributed by atoms with Crippen molar-refractivity contribution >= 4 is 15.7 Å². The van der Waals surface area contributed by atoms with E-state index in [1.165, 1.54) is 0 Å². The predicted molar refractivity (Wildman–Crippen MR) is 102 cm³/mol. The monoisotopic (exact) mass is 372 g/mol. The second-order valence-corrected chi connectivity index (χ2v) is 8.81. The number of carbonyl (C=O) groups is 1. The molecule has 1 aliphatic rings. The molecule has 0 radical (unpaired) electrons. The zero-order valence-electron chi connectivity index (χ0n) is 15.1. The SMILES string of the molecule is Cc1ccc(S(=O)(=O)Cc2ccc(C(=O)N3CCNC[C@H]3C)cc2)cc1. The fourth-order valence-electron chi connectivity index (χ4n) is 3.10. The van der Waals surface area contributed by atoms with Gasteiger partial charge < -0.3 is 10.2 Å². The number of aryl methyl sites for hydroxylation is 1. The van der Waals surface area contributed by atoms with Gasteiger partial charge in [-0.2, -0.15) is 0 Å². The molecule has 1 atom stereocenters. The van der Waals surface area contributed by atoms with Crippen LogP contribution in [0.5, 0.6) is 0 Å². The van der Waals surface area contributed by atoms with Crippen LogP contribution in [-0.4, -0.2) is 44.9 Å². The molecule has 138 valence electrons. The Kier molecular flexibility index (Phi) is 5.44. The van der Waals surface area contributed by atoms with E-state index in [0.29, 0.717) is 22.6 Å². The van der Waals surface area contributed by atoms with Gasteiger partial charge in [0.2, 0.25) is 0 Å². The van der Waals surface area contributed by atoms with Crippen molar-refractivity contribution in [2.24, 2.45) is 0 Å². The van der Waals surface area contributed by atoms with Crippen LogP contribution < -0.4 is 5.32 Å². The fraction of sp³-hybridized carbons (Fsp3) is 0.350. The number of hydrogen-bond donors (Lipinski definition) is 1. The lowest BCUT2D eigenvalue weighted by Crippen LogP contribution is -2.52. The van der Waals surface area contributed by atoms with Crippen LogP contribution >= 0.6 is 0 Å². The van der Waals surface area contributed by atoms with Crippen LogP contribution in [0.3, 0.4) is 0 Å². The number of sulfone groups is 1. The van der Waals surface area contributed by atoms with E-state index in [4.69, 9.17) is 0 Å². The van der Waals surface area contributed by atoms with Gasteiger partial charge in [0.15, 0.2) is 9.84 Å². The maximum Gasteiger partial charge on any atom is 0.254 e. The standard InChI is InChI=1S/C20H24N2O3S/c1-15-3-9-19(10-4-15)26(24,25)14-17-5-7-18(8-6-17)20(23)22-12-11-21-13-16(22)2/h3-10,16,21H,11-14H2,1-2H3/t16-/m1/s1. The summed E-state index contributed by atoms with van der Waals surface area (Å²) in [5.74, 6) is -0.0823. The highest BCUT2D eigenvalue weighted by Gasteiger charge is 2.24. The van der Waals surface area contributed by atoms with Crippen molar-refractivity contribution in [1.82, 2.24) is 10.2 Å². The van der Waals surface area contributed by atoms with Gasteiger partial charge >= 0.3 is 0 Å². The minimum atomic E-state index is -3.40. The molecule has 0 saturated carbocycles. The molecule has 3 rings (SSSR count). The number of benzene rings is 2. The first-order chi connectivity index (χ1) is 12.4. The Bertz CT molecular complexity index is 874. The van der Waals surface area contributed by atoms with Crippen molar-refractivity contribution in [2.75, 3.05) is 19.6 Å². The minimum Gasteiger partial charge on any atom is -0.333 e. The number of hydrogen-bond acceptors (Lipinski definition) is 4. The van der Waals surface area contributed by atoms with E-state index in [0.717, 1.165) is 18.7 Å². The number of amides is 1. The van der Waals surface area contributed by atoms with E-state index in [1.807, 2.05) is 18.7 Å². The van der Waals surface area contributed by atoms with Crippen LogP contribution in [0.4, 0.5) is 0 Å². The number of nitrogens with zero attached hydrogens (tertiary/aromatic N) is 1. The number of rotatable bonds is 4. The third-order valence-electron chi connectivity index (χ3n) is 4.70.